The lowest BCUT2D eigenvalue weighted by atomic mass is 10.3. The van der Waals surface area contributed by atoms with E-state index in [1.54, 1.807) is 13.0 Å². The van der Waals surface area contributed by atoms with E-state index < -0.39 is 11.8 Å². The van der Waals surface area contributed by atoms with Gasteiger partial charge in [-0.15, -0.1) is 0 Å². The quantitative estimate of drug-likeness (QED) is 0.518. The second-order valence-electron chi connectivity index (χ2n) is 3.14. The minimum atomic E-state index is -0.769. The molecule has 0 aromatic heterocycles. The Morgan fingerprint density at radius 3 is 3.00 bits per heavy atom. The van der Waals surface area contributed by atoms with Crippen molar-refractivity contribution < 1.29 is 13.9 Å². The topological polar surface area (TPSA) is 62.1 Å². The lowest BCUT2D eigenvalue weighted by molar-refractivity contribution is -0.138. The number of esters is 1. The number of benzene rings is 1. The number of hydrogen-bond acceptors (Lipinski definition) is 4. The van der Waals surface area contributed by atoms with Gasteiger partial charge in [0.2, 0.25) is 0 Å². The third-order valence-electron chi connectivity index (χ3n) is 1.94. The number of rotatable bonds is 4. The summed E-state index contributed by atoms with van der Waals surface area (Å²) in [7, 11) is 0. The molecule has 18 heavy (non-hydrogen) atoms. The Bertz CT molecular complexity index is 523. The Morgan fingerprint density at radius 1 is 1.67 bits per heavy atom. The summed E-state index contributed by atoms with van der Waals surface area (Å²) < 4.78 is 18.1. The first kappa shape index (κ1) is 14.0. The van der Waals surface area contributed by atoms with Crippen molar-refractivity contribution in [1.82, 2.24) is 0 Å². The van der Waals surface area contributed by atoms with Crippen LogP contribution in [0.15, 0.2) is 30.0 Å². The molecule has 0 aliphatic carbocycles. The molecule has 1 rings (SSSR count). The maximum absolute atomic E-state index is 13.5. The molecule has 94 valence electrons. The minimum Gasteiger partial charge on any atom is -0.462 e. The van der Waals surface area contributed by atoms with E-state index in [4.69, 9.17) is 16.9 Å². The number of halogens is 2. The van der Waals surface area contributed by atoms with Crippen molar-refractivity contribution in [1.29, 1.82) is 5.26 Å². The second-order valence-corrected chi connectivity index (χ2v) is 3.54. The van der Waals surface area contributed by atoms with Crippen molar-refractivity contribution in [2.45, 2.75) is 6.92 Å². The van der Waals surface area contributed by atoms with Crippen LogP contribution in [0.2, 0.25) is 5.02 Å². The molecule has 0 radical (unpaired) electrons. The molecule has 0 aliphatic rings. The number of ether oxygens (including phenoxy) is 1. The van der Waals surface area contributed by atoms with Gasteiger partial charge in [-0.2, -0.15) is 5.26 Å². The van der Waals surface area contributed by atoms with E-state index in [0.29, 0.717) is 0 Å². The Morgan fingerprint density at radius 2 is 2.39 bits per heavy atom. The van der Waals surface area contributed by atoms with Crippen LogP contribution in [0.25, 0.3) is 0 Å². The highest BCUT2D eigenvalue weighted by molar-refractivity contribution is 6.31. The van der Waals surface area contributed by atoms with Crippen LogP contribution >= 0.6 is 11.6 Å². The molecular weight excluding hydrogens is 259 g/mol. The van der Waals surface area contributed by atoms with Gasteiger partial charge in [0, 0.05) is 6.20 Å². The van der Waals surface area contributed by atoms with Crippen LogP contribution in [-0.2, 0) is 9.53 Å². The van der Waals surface area contributed by atoms with Crippen molar-refractivity contribution in [3.63, 3.8) is 0 Å². The lowest BCUT2D eigenvalue weighted by Crippen LogP contribution is -2.08. The summed E-state index contributed by atoms with van der Waals surface area (Å²) in [6.07, 6.45) is 1.08. The van der Waals surface area contributed by atoms with E-state index in [2.05, 4.69) is 10.1 Å². The molecule has 1 aromatic rings. The van der Waals surface area contributed by atoms with Gasteiger partial charge in [-0.25, -0.2) is 9.18 Å². The van der Waals surface area contributed by atoms with Crippen molar-refractivity contribution in [2.24, 2.45) is 0 Å². The van der Waals surface area contributed by atoms with Crippen LogP contribution in [0.4, 0.5) is 10.1 Å². The highest BCUT2D eigenvalue weighted by Crippen LogP contribution is 2.22. The second kappa shape index (κ2) is 6.62. The first-order chi connectivity index (χ1) is 8.60. The zero-order valence-electron chi connectivity index (χ0n) is 9.54. The van der Waals surface area contributed by atoms with E-state index >= 15 is 0 Å². The van der Waals surface area contributed by atoms with E-state index in [9.17, 15) is 9.18 Å². The molecule has 1 N–H and O–H groups in total. The number of nitrogens with one attached hydrogen (secondary N) is 1. The standard InChI is InChI=1S/C12H10ClFN2O2/c1-2-18-12(17)8(6-15)7-16-10-5-3-4-9(13)11(10)14/h3-5,7,16H,2H2,1H3/b8-7-. The summed E-state index contributed by atoms with van der Waals surface area (Å²) in [6, 6.07) is 6.02. The number of nitriles is 1. The Balaban J connectivity index is 2.87. The number of carbonyl (C=O) groups is 1. The van der Waals surface area contributed by atoms with Gasteiger partial charge in [0.15, 0.2) is 11.4 Å². The molecule has 0 fully saturated rings. The first-order valence-electron chi connectivity index (χ1n) is 5.08. The highest BCUT2D eigenvalue weighted by atomic mass is 35.5. The van der Waals surface area contributed by atoms with Crippen molar-refractivity contribution in [2.75, 3.05) is 11.9 Å². The number of hydrogen-bond donors (Lipinski definition) is 1. The summed E-state index contributed by atoms with van der Waals surface area (Å²) in [5, 5.41) is 11.2. The fourth-order valence-electron chi connectivity index (χ4n) is 1.11. The van der Waals surface area contributed by atoms with Gasteiger partial charge < -0.3 is 10.1 Å². The van der Waals surface area contributed by atoms with E-state index in [-0.39, 0.29) is 22.9 Å². The molecule has 1 aromatic carbocycles. The fourth-order valence-corrected chi connectivity index (χ4v) is 1.29. The smallest absolute Gasteiger partial charge is 0.350 e. The molecular formula is C12H10ClFN2O2. The maximum atomic E-state index is 13.5. The van der Waals surface area contributed by atoms with Crippen LogP contribution in [0.5, 0.6) is 0 Å². The lowest BCUT2D eigenvalue weighted by Gasteiger charge is -2.04. The summed E-state index contributed by atoms with van der Waals surface area (Å²) >= 11 is 5.58. The molecule has 0 aliphatic heterocycles. The largest absolute Gasteiger partial charge is 0.462 e. The van der Waals surface area contributed by atoms with Crippen molar-refractivity contribution in [3.8, 4) is 6.07 Å². The summed E-state index contributed by atoms with van der Waals surface area (Å²) in [5.74, 6) is -1.42. The summed E-state index contributed by atoms with van der Waals surface area (Å²) in [6.45, 7) is 1.78. The molecule has 0 atom stereocenters. The Kier molecular flexibility index (Phi) is 5.15. The summed E-state index contributed by atoms with van der Waals surface area (Å²) in [4.78, 5) is 11.3. The average molecular weight is 269 g/mol. The molecule has 0 saturated carbocycles. The normalized spacial score (nSPS) is 10.7. The van der Waals surface area contributed by atoms with Crippen molar-refractivity contribution in [3.05, 3.63) is 40.8 Å². The van der Waals surface area contributed by atoms with Gasteiger partial charge >= 0.3 is 5.97 Å². The maximum Gasteiger partial charge on any atom is 0.350 e. The molecule has 6 heteroatoms. The van der Waals surface area contributed by atoms with Crippen LogP contribution in [0, 0.1) is 17.1 Å². The molecule has 0 bridgehead atoms. The Hall–Kier alpha value is -2.06. The van der Waals surface area contributed by atoms with Crippen molar-refractivity contribution >= 4 is 23.3 Å². The van der Waals surface area contributed by atoms with Gasteiger partial charge in [0.1, 0.15) is 6.07 Å². The number of carbonyl (C=O) groups excluding carboxylic acids is 1. The van der Waals surface area contributed by atoms with Gasteiger partial charge in [-0.3, -0.25) is 0 Å². The SMILES string of the molecule is CCOC(=O)/C(C#N)=C\Nc1cccc(Cl)c1F. The van der Waals surface area contributed by atoms with E-state index in [1.807, 2.05) is 0 Å². The monoisotopic (exact) mass is 268 g/mol. The van der Waals surface area contributed by atoms with Crippen LogP contribution in [-0.4, -0.2) is 12.6 Å². The predicted octanol–water partition coefficient (Wildman–Crippen LogP) is 2.86. The van der Waals surface area contributed by atoms with Gasteiger partial charge in [-0.1, -0.05) is 17.7 Å². The zero-order chi connectivity index (χ0) is 13.5. The molecule has 0 amide bonds. The van der Waals surface area contributed by atoms with E-state index in [0.717, 1.165) is 6.20 Å². The van der Waals surface area contributed by atoms with Gasteiger partial charge in [0.05, 0.1) is 17.3 Å². The highest BCUT2D eigenvalue weighted by Gasteiger charge is 2.10. The number of anilines is 1. The molecule has 4 nitrogen and oxygen atoms in total. The first-order valence-corrected chi connectivity index (χ1v) is 5.45. The predicted molar refractivity (Wildman–Crippen MR) is 65.4 cm³/mol. The van der Waals surface area contributed by atoms with Gasteiger partial charge in [-0.05, 0) is 19.1 Å². The molecule has 0 unspecified atom stereocenters. The minimum absolute atomic E-state index is 0.0527. The Labute approximate surface area is 109 Å². The number of nitrogens with zero attached hydrogens (tertiary/aromatic N) is 1. The van der Waals surface area contributed by atoms with Gasteiger partial charge in [0.25, 0.3) is 0 Å². The molecule has 0 saturated heterocycles. The van der Waals surface area contributed by atoms with Crippen LogP contribution in [0.1, 0.15) is 6.92 Å². The zero-order valence-corrected chi connectivity index (χ0v) is 10.3. The fraction of sp³-hybridized carbons (Fsp3) is 0.167. The average Bonchev–Trinajstić information content (AvgIpc) is 2.35. The van der Waals surface area contributed by atoms with E-state index in [1.165, 1.54) is 18.2 Å². The third-order valence-corrected chi connectivity index (χ3v) is 2.23. The van der Waals surface area contributed by atoms with Crippen LogP contribution < -0.4 is 5.32 Å². The third kappa shape index (κ3) is 3.47. The molecule has 0 heterocycles. The van der Waals surface area contributed by atoms with Crippen LogP contribution in [0.3, 0.4) is 0 Å². The summed E-state index contributed by atoms with van der Waals surface area (Å²) in [5.41, 5.74) is -0.184. The molecule has 0 spiro atoms.